The number of hydrogen-bond donors (Lipinski definition) is 1. The molecule has 4 saturated carbocycles. The first kappa shape index (κ1) is 18.6. The molecule has 0 aromatic rings. The Bertz CT molecular complexity index is 827. The molecule has 0 bridgehead atoms. The summed E-state index contributed by atoms with van der Waals surface area (Å²) >= 11 is 0. The third kappa shape index (κ3) is 2.74. The van der Waals surface area contributed by atoms with Crippen LogP contribution in [0.15, 0.2) is 35.5 Å². The first-order valence-electron chi connectivity index (χ1n) is 12.3. The van der Waals surface area contributed by atoms with Crippen LogP contribution in [0.25, 0.3) is 0 Å². The number of allylic oxidation sites excluding steroid dienone is 4. The normalized spacial score (nSPS) is 50.1. The van der Waals surface area contributed by atoms with Gasteiger partial charge in [0.15, 0.2) is 0 Å². The van der Waals surface area contributed by atoms with Gasteiger partial charge in [0.25, 0.3) is 0 Å². The second-order valence-corrected chi connectivity index (χ2v) is 11.6. The van der Waals surface area contributed by atoms with Crippen molar-refractivity contribution in [3.63, 3.8) is 0 Å². The van der Waals surface area contributed by atoms with Gasteiger partial charge in [-0.3, -0.25) is 4.79 Å². The second kappa shape index (κ2) is 6.42. The molecule has 158 valence electrons. The molecule has 4 fully saturated rings. The Morgan fingerprint density at radius 3 is 2.86 bits per heavy atom. The van der Waals surface area contributed by atoms with E-state index in [9.17, 15) is 4.79 Å². The number of carbonyl (C=O) groups excluding carboxylic acids is 1. The van der Waals surface area contributed by atoms with Gasteiger partial charge in [-0.2, -0.15) is 0 Å². The molecule has 6 aliphatic carbocycles. The van der Waals surface area contributed by atoms with Crippen LogP contribution in [0.2, 0.25) is 0 Å². The summed E-state index contributed by atoms with van der Waals surface area (Å²) in [5.41, 5.74) is 3.78. The van der Waals surface area contributed by atoms with Gasteiger partial charge >= 0.3 is 0 Å². The van der Waals surface area contributed by atoms with Gasteiger partial charge in [-0.05, 0) is 86.4 Å². The summed E-state index contributed by atoms with van der Waals surface area (Å²) in [6, 6.07) is 0.650. The van der Waals surface area contributed by atoms with Crippen molar-refractivity contribution in [1.82, 2.24) is 5.32 Å². The molecule has 0 saturated heterocycles. The number of hydrogen-bond acceptors (Lipinski definition) is 2. The predicted molar refractivity (Wildman–Crippen MR) is 119 cm³/mol. The molecule has 0 aromatic heterocycles. The molecule has 2 nitrogen and oxygen atoms in total. The van der Waals surface area contributed by atoms with Gasteiger partial charge < -0.3 is 5.32 Å². The summed E-state index contributed by atoms with van der Waals surface area (Å²) < 4.78 is 0. The summed E-state index contributed by atoms with van der Waals surface area (Å²) in [6.45, 7) is 5.97. The van der Waals surface area contributed by atoms with Crippen molar-refractivity contribution in [3.8, 4) is 0 Å². The van der Waals surface area contributed by atoms with Crippen LogP contribution < -0.4 is 5.32 Å². The highest BCUT2D eigenvalue weighted by atomic mass is 16.1. The molecule has 29 heavy (non-hydrogen) atoms. The summed E-state index contributed by atoms with van der Waals surface area (Å²) in [7, 11) is 0. The molecular formula is C27H39NO. The van der Waals surface area contributed by atoms with Crippen molar-refractivity contribution < 1.29 is 6.22 Å². The topological polar surface area (TPSA) is 29.1 Å². The largest absolute Gasteiger partial charge is 0.310 e. The molecule has 0 aromatic carbocycles. The fourth-order valence-corrected chi connectivity index (χ4v) is 8.36. The predicted octanol–water partition coefficient (Wildman–Crippen LogP) is 5.85. The zero-order valence-corrected chi connectivity index (χ0v) is 18.3. The third-order valence-electron chi connectivity index (χ3n) is 10.4. The summed E-state index contributed by atoms with van der Waals surface area (Å²) in [5, 5.41) is 3.93. The van der Waals surface area contributed by atoms with Gasteiger partial charge in [-0.1, -0.05) is 49.3 Å². The van der Waals surface area contributed by atoms with E-state index < -0.39 is 0 Å². The van der Waals surface area contributed by atoms with Crippen molar-refractivity contribution in [2.75, 3.05) is 6.54 Å². The van der Waals surface area contributed by atoms with Crippen LogP contribution in [0.1, 0.15) is 73.1 Å². The highest BCUT2D eigenvalue weighted by molar-refractivity contribution is 5.87. The Hall–Kier alpha value is -1.15. The lowest BCUT2D eigenvalue weighted by Gasteiger charge is -2.57. The molecule has 8 unspecified atom stereocenters. The summed E-state index contributed by atoms with van der Waals surface area (Å²) in [5.74, 6) is 4.48. The minimum absolute atomic E-state index is 0. The van der Waals surface area contributed by atoms with Crippen LogP contribution in [0.3, 0.4) is 0 Å². The Kier molecular flexibility index (Phi) is 4.12. The first-order valence-corrected chi connectivity index (χ1v) is 12.3. The van der Waals surface area contributed by atoms with E-state index in [0.717, 1.165) is 49.5 Å². The molecule has 0 heterocycles. The molecule has 2 heteroatoms. The lowest BCUT2D eigenvalue weighted by Crippen LogP contribution is -2.51. The molecule has 0 radical (unpaired) electrons. The maximum absolute atomic E-state index is 12.6. The van der Waals surface area contributed by atoms with Gasteiger partial charge in [0.05, 0.1) is 0 Å². The average Bonchev–Trinajstić information content (AvgIpc) is 3.45. The van der Waals surface area contributed by atoms with Crippen molar-refractivity contribution in [3.05, 3.63) is 35.5 Å². The number of rotatable bonds is 3. The molecule has 8 atom stereocenters. The van der Waals surface area contributed by atoms with E-state index >= 15 is 0 Å². The lowest BCUT2D eigenvalue weighted by atomic mass is 9.48. The maximum atomic E-state index is 12.6. The average molecular weight is 394 g/mol. The smallest absolute Gasteiger partial charge is 0.139 e. The zero-order chi connectivity index (χ0) is 19.8. The monoisotopic (exact) mass is 393 g/mol. The fourth-order valence-electron chi connectivity index (χ4n) is 8.36. The molecule has 6 aliphatic rings. The SMILES string of the molecule is CC12CCC3C(CC=C4CC(NCC5=CC=CC6CC56)CCC43C)C1CCC2=O.[HH]. The van der Waals surface area contributed by atoms with E-state index in [1.807, 2.05) is 0 Å². The van der Waals surface area contributed by atoms with Gasteiger partial charge in [-0.15, -0.1) is 0 Å². The Labute approximate surface area is 177 Å². The first-order chi connectivity index (χ1) is 14.0. The molecule has 0 aliphatic heterocycles. The van der Waals surface area contributed by atoms with Crippen LogP contribution in [0.4, 0.5) is 0 Å². The quantitative estimate of drug-likeness (QED) is 0.609. The Balaban J connectivity index is 0.00000193. The molecule has 1 N–H and O–H groups in total. The van der Waals surface area contributed by atoms with Crippen molar-refractivity contribution in [1.29, 1.82) is 0 Å². The lowest BCUT2D eigenvalue weighted by molar-refractivity contribution is -0.131. The van der Waals surface area contributed by atoms with Crippen LogP contribution >= 0.6 is 0 Å². The number of fused-ring (bicyclic) bond motifs is 6. The highest BCUT2D eigenvalue weighted by Gasteiger charge is 2.58. The van der Waals surface area contributed by atoms with E-state index in [4.69, 9.17) is 0 Å². The molecule has 0 spiro atoms. The van der Waals surface area contributed by atoms with Crippen molar-refractivity contribution >= 4 is 5.78 Å². The van der Waals surface area contributed by atoms with E-state index in [1.165, 1.54) is 38.5 Å². The third-order valence-corrected chi connectivity index (χ3v) is 10.4. The Morgan fingerprint density at radius 2 is 1.97 bits per heavy atom. The van der Waals surface area contributed by atoms with Gasteiger partial charge in [-0.25, -0.2) is 0 Å². The van der Waals surface area contributed by atoms with Gasteiger partial charge in [0, 0.05) is 25.8 Å². The zero-order valence-electron chi connectivity index (χ0n) is 18.3. The maximum Gasteiger partial charge on any atom is 0.139 e. The molecule has 0 amide bonds. The van der Waals surface area contributed by atoms with E-state index in [2.05, 4.69) is 43.5 Å². The van der Waals surface area contributed by atoms with E-state index in [-0.39, 0.29) is 6.84 Å². The standard InChI is InChI=1S/C27H37NO.H2/c1-26-12-10-20(28-16-18-5-3-4-17-14-22(17)18)15-19(26)6-7-21-23-8-9-25(29)27(23,2)13-11-24(21)26;/h3-6,17,20-24,28H,7-16H2,1-2H3;1H. The summed E-state index contributed by atoms with van der Waals surface area (Å²) in [6.07, 6.45) is 20.6. The van der Waals surface area contributed by atoms with Crippen LogP contribution in [0, 0.1) is 40.4 Å². The van der Waals surface area contributed by atoms with Gasteiger partial charge in [0.1, 0.15) is 5.78 Å². The van der Waals surface area contributed by atoms with Crippen molar-refractivity contribution in [2.45, 2.75) is 77.7 Å². The number of Topliss-reactive ketones (excluding diaryl/α,β-unsaturated/α-hetero) is 1. The van der Waals surface area contributed by atoms with Crippen LogP contribution in [-0.2, 0) is 4.79 Å². The minimum Gasteiger partial charge on any atom is -0.310 e. The van der Waals surface area contributed by atoms with Crippen molar-refractivity contribution in [2.24, 2.45) is 40.4 Å². The second-order valence-electron chi connectivity index (χ2n) is 11.6. The Morgan fingerprint density at radius 1 is 1.14 bits per heavy atom. The number of nitrogens with one attached hydrogen (secondary N) is 1. The van der Waals surface area contributed by atoms with Crippen LogP contribution in [-0.4, -0.2) is 18.4 Å². The van der Waals surface area contributed by atoms with E-state index in [1.54, 1.807) is 11.1 Å². The highest BCUT2D eigenvalue weighted by Crippen LogP contribution is 2.64. The minimum atomic E-state index is 0. The van der Waals surface area contributed by atoms with Crippen LogP contribution in [0.5, 0.6) is 0 Å². The molecular weight excluding hydrogens is 354 g/mol. The fraction of sp³-hybridized carbons (Fsp3) is 0.741. The molecule has 6 rings (SSSR count). The number of ketones is 1. The van der Waals surface area contributed by atoms with E-state index in [0.29, 0.717) is 23.2 Å². The number of carbonyl (C=O) groups is 1. The van der Waals surface area contributed by atoms with Gasteiger partial charge in [0.2, 0.25) is 0 Å². The summed E-state index contributed by atoms with van der Waals surface area (Å²) in [4.78, 5) is 12.6.